The fraction of sp³-hybridized carbons (Fsp3) is 0.0667. The van der Waals surface area contributed by atoms with Crippen LogP contribution in [-0.2, 0) is 5.41 Å². The van der Waals surface area contributed by atoms with Crippen LogP contribution in [-0.4, -0.2) is 9.13 Å². The van der Waals surface area contributed by atoms with Crippen molar-refractivity contribution in [1.82, 2.24) is 9.13 Å². The summed E-state index contributed by atoms with van der Waals surface area (Å²) in [6, 6.07) is 58.1. The summed E-state index contributed by atoms with van der Waals surface area (Å²) in [5.74, 6) is 0. The molecule has 0 unspecified atom stereocenters. The number of rotatable bonds is 3. The SMILES string of the molecule is CC1(C)c2ccccc2-c2cc(-c3ccc(-n4c5ccccc5c5cc6c(cc54)c4ccccc4n6-c4ccccc4)cc3)ccc21. The van der Waals surface area contributed by atoms with Gasteiger partial charge in [-0.3, -0.25) is 0 Å². The van der Waals surface area contributed by atoms with Crippen LogP contribution in [0, 0.1) is 0 Å². The third-order valence-electron chi connectivity index (χ3n) is 10.5. The van der Waals surface area contributed by atoms with Gasteiger partial charge in [-0.05, 0) is 88.0 Å². The lowest BCUT2D eigenvalue weighted by molar-refractivity contribution is 0.660. The van der Waals surface area contributed by atoms with Crippen molar-refractivity contribution in [2.45, 2.75) is 19.3 Å². The van der Waals surface area contributed by atoms with E-state index in [-0.39, 0.29) is 5.41 Å². The van der Waals surface area contributed by atoms with Gasteiger partial charge in [0.1, 0.15) is 0 Å². The van der Waals surface area contributed by atoms with Crippen molar-refractivity contribution in [1.29, 1.82) is 0 Å². The molecule has 9 aromatic rings. The molecule has 0 fully saturated rings. The van der Waals surface area contributed by atoms with Gasteiger partial charge in [0.25, 0.3) is 0 Å². The molecule has 1 aliphatic rings. The molecule has 222 valence electrons. The summed E-state index contributed by atoms with van der Waals surface area (Å²) in [4.78, 5) is 0. The van der Waals surface area contributed by atoms with Gasteiger partial charge in [-0.15, -0.1) is 0 Å². The monoisotopic (exact) mass is 600 g/mol. The Kier molecular flexibility index (Phi) is 5.37. The first-order valence-electron chi connectivity index (χ1n) is 16.4. The van der Waals surface area contributed by atoms with E-state index in [1.165, 1.54) is 88.4 Å². The van der Waals surface area contributed by atoms with E-state index in [0.29, 0.717) is 0 Å². The van der Waals surface area contributed by atoms with E-state index < -0.39 is 0 Å². The number of aromatic nitrogens is 2. The molecule has 1 aliphatic carbocycles. The standard InChI is InChI=1S/C45H32N2/c1-45(2)39-17-9-6-14-33(39)36-26-30(22-25-40(36)45)29-20-23-32(24-21-29)47-42-19-11-8-16-35(42)38-27-43-37(28-44(38)47)34-15-7-10-18-41(34)46(43)31-12-4-3-5-13-31/h3-28H,1-2H3. The van der Waals surface area contributed by atoms with Gasteiger partial charge in [-0.2, -0.15) is 0 Å². The van der Waals surface area contributed by atoms with E-state index in [9.17, 15) is 0 Å². The van der Waals surface area contributed by atoms with Crippen LogP contribution in [0.5, 0.6) is 0 Å². The number of para-hydroxylation sites is 3. The molecule has 0 saturated carbocycles. The summed E-state index contributed by atoms with van der Waals surface area (Å²) < 4.78 is 4.84. The predicted octanol–water partition coefficient (Wildman–Crippen LogP) is 11.9. The first kappa shape index (κ1) is 26.4. The van der Waals surface area contributed by atoms with Crippen molar-refractivity contribution in [2.75, 3.05) is 0 Å². The Balaban J connectivity index is 1.16. The van der Waals surface area contributed by atoms with Gasteiger partial charge in [0.2, 0.25) is 0 Å². The van der Waals surface area contributed by atoms with E-state index in [0.717, 1.165) is 0 Å². The van der Waals surface area contributed by atoms with E-state index in [1.807, 2.05) is 0 Å². The fourth-order valence-corrected chi connectivity index (χ4v) is 8.27. The maximum Gasteiger partial charge on any atom is 0.0548 e. The highest BCUT2D eigenvalue weighted by Gasteiger charge is 2.35. The summed E-state index contributed by atoms with van der Waals surface area (Å²) in [6.07, 6.45) is 0. The first-order chi connectivity index (χ1) is 23.1. The van der Waals surface area contributed by atoms with Gasteiger partial charge >= 0.3 is 0 Å². The fourth-order valence-electron chi connectivity index (χ4n) is 8.27. The number of fused-ring (bicyclic) bond motifs is 9. The highest BCUT2D eigenvalue weighted by atomic mass is 15.0. The Hall–Kier alpha value is -5.86. The van der Waals surface area contributed by atoms with Crippen molar-refractivity contribution in [3.8, 4) is 33.6 Å². The van der Waals surface area contributed by atoms with Crippen molar-refractivity contribution < 1.29 is 0 Å². The van der Waals surface area contributed by atoms with Crippen LogP contribution in [0.1, 0.15) is 25.0 Å². The summed E-state index contributed by atoms with van der Waals surface area (Å²) >= 11 is 0. The molecule has 2 aromatic heterocycles. The third-order valence-corrected chi connectivity index (χ3v) is 10.5. The van der Waals surface area contributed by atoms with Crippen LogP contribution < -0.4 is 0 Å². The molecule has 2 nitrogen and oxygen atoms in total. The molecule has 10 rings (SSSR count). The minimum Gasteiger partial charge on any atom is -0.309 e. The zero-order valence-electron chi connectivity index (χ0n) is 26.4. The second-order valence-corrected chi connectivity index (χ2v) is 13.4. The smallest absolute Gasteiger partial charge is 0.0548 e. The normalized spacial score (nSPS) is 13.5. The minimum atomic E-state index is 0.0175. The minimum absolute atomic E-state index is 0.0175. The summed E-state index contributed by atoms with van der Waals surface area (Å²) in [7, 11) is 0. The molecule has 0 radical (unpaired) electrons. The molecule has 0 atom stereocenters. The molecule has 0 aliphatic heterocycles. The van der Waals surface area contributed by atoms with Crippen molar-refractivity contribution in [3.63, 3.8) is 0 Å². The zero-order valence-corrected chi connectivity index (χ0v) is 26.4. The molecule has 7 aromatic carbocycles. The molecule has 0 spiro atoms. The van der Waals surface area contributed by atoms with Crippen molar-refractivity contribution in [3.05, 3.63) is 169 Å². The molecule has 0 amide bonds. The highest BCUT2D eigenvalue weighted by molar-refractivity contribution is 6.19. The van der Waals surface area contributed by atoms with Crippen LogP contribution in [0.4, 0.5) is 0 Å². The van der Waals surface area contributed by atoms with Gasteiger partial charge in [-0.1, -0.05) is 117 Å². The van der Waals surface area contributed by atoms with Gasteiger partial charge in [0.05, 0.1) is 22.1 Å². The average molecular weight is 601 g/mol. The second kappa shape index (κ2) is 9.57. The molecule has 47 heavy (non-hydrogen) atoms. The molecular weight excluding hydrogens is 569 g/mol. The lowest BCUT2D eigenvalue weighted by atomic mass is 9.82. The Labute approximate surface area is 273 Å². The largest absolute Gasteiger partial charge is 0.309 e. The maximum atomic E-state index is 2.43. The predicted molar refractivity (Wildman–Crippen MR) is 198 cm³/mol. The van der Waals surface area contributed by atoms with Gasteiger partial charge in [0, 0.05) is 38.3 Å². The quantitative estimate of drug-likeness (QED) is 0.191. The lowest BCUT2D eigenvalue weighted by Gasteiger charge is -2.21. The topological polar surface area (TPSA) is 9.86 Å². The molecule has 0 bridgehead atoms. The van der Waals surface area contributed by atoms with E-state index in [1.54, 1.807) is 0 Å². The molecule has 2 heteroatoms. The van der Waals surface area contributed by atoms with Crippen LogP contribution in [0.3, 0.4) is 0 Å². The van der Waals surface area contributed by atoms with E-state index >= 15 is 0 Å². The Morgan fingerprint density at radius 1 is 0.362 bits per heavy atom. The zero-order chi connectivity index (χ0) is 31.3. The lowest BCUT2D eigenvalue weighted by Crippen LogP contribution is -2.14. The number of benzene rings is 7. The summed E-state index contributed by atoms with van der Waals surface area (Å²) in [5, 5.41) is 5.05. The van der Waals surface area contributed by atoms with Crippen LogP contribution in [0.15, 0.2) is 158 Å². The molecule has 0 N–H and O–H groups in total. The second-order valence-electron chi connectivity index (χ2n) is 13.4. The Morgan fingerprint density at radius 2 is 0.872 bits per heavy atom. The van der Waals surface area contributed by atoms with E-state index in [4.69, 9.17) is 0 Å². The average Bonchev–Trinajstić information content (AvgIpc) is 3.70. The maximum absolute atomic E-state index is 2.43. The molecule has 0 saturated heterocycles. The van der Waals surface area contributed by atoms with Gasteiger partial charge < -0.3 is 9.13 Å². The highest BCUT2D eigenvalue weighted by Crippen LogP contribution is 2.49. The Morgan fingerprint density at radius 3 is 1.53 bits per heavy atom. The summed E-state index contributed by atoms with van der Waals surface area (Å²) in [6.45, 7) is 4.68. The molecule has 2 heterocycles. The molecular formula is C45H32N2. The third kappa shape index (κ3) is 3.67. The number of nitrogens with zero attached hydrogens (tertiary/aromatic N) is 2. The van der Waals surface area contributed by atoms with Gasteiger partial charge in [0.15, 0.2) is 0 Å². The van der Waals surface area contributed by atoms with E-state index in [2.05, 4.69) is 181 Å². The Bertz CT molecular complexity index is 2680. The van der Waals surface area contributed by atoms with Crippen LogP contribution in [0.2, 0.25) is 0 Å². The van der Waals surface area contributed by atoms with Crippen LogP contribution in [0.25, 0.3) is 77.2 Å². The van der Waals surface area contributed by atoms with Crippen LogP contribution >= 0.6 is 0 Å². The first-order valence-corrected chi connectivity index (χ1v) is 16.4. The number of hydrogen-bond donors (Lipinski definition) is 0. The van der Waals surface area contributed by atoms with Gasteiger partial charge in [-0.25, -0.2) is 0 Å². The van der Waals surface area contributed by atoms with Crippen molar-refractivity contribution >= 4 is 43.6 Å². The number of hydrogen-bond acceptors (Lipinski definition) is 0. The van der Waals surface area contributed by atoms with Crippen molar-refractivity contribution in [2.24, 2.45) is 0 Å². The summed E-state index contributed by atoms with van der Waals surface area (Å²) in [5.41, 5.74) is 15.3.